The van der Waals surface area contributed by atoms with Crippen molar-refractivity contribution in [3.05, 3.63) is 61.7 Å². The Morgan fingerprint density at radius 3 is 2.28 bits per heavy atom. The molecule has 6 amide bonds. The highest BCUT2D eigenvalue weighted by molar-refractivity contribution is 5.97. The number of halogens is 1. The molecular weight excluding hydrogens is 984 g/mol. The van der Waals surface area contributed by atoms with Gasteiger partial charge in [-0.05, 0) is 113 Å². The largest absolute Gasteiger partial charge is 0.458 e. The maximum atomic E-state index is 15.5. The highest BCUT2D eigenvalue weighted by Crippen LogP contribution is 2.46. The first-order valence-electron chi connectivity index (χ1n) is 26.3. The highest BCUT2D eigenvalue weighted by atomic mass is 19.1. The Balaban J connectivity index is 1.04. The lowest BCUT2D eigenvalue weighted by Crippen LogP contribution is -2.57. The number of esters is 1. The van der Waals surface area contributed by atoms with Crippen LogP contribution in [0, 0.1) is 24.6 Å². The lowest BCUT2D eigenvalue weighted by molar-refractivity contribution is -0.172. The van der Waals surface area contributed by atoms with Crippen molar-refractivity contribution in [2.75, 3.05) is 26.2 Å². The summed E-state index contributed by atoms with van der Waals surface area (Å²) in [7, 11) is 0. The molecule has 1 fully saturated rings. The van der Waals surface area contributed by atoms with Crippen LogP contribution in [0.1, 0.15) is 133 Å². The molecule has 412 valence electrons. The van der Waals surface area contributed by atoms with E-state index in [1.165, 1.54) is 10.6 Å². The second-order valence-corrected chi connectivity index (χ2v) is 21.4. The first kappa shape index (κ1) is 56.7. The first-order valence-corrected chi connectivity index (χ1v) is 26.3. The van der Waals surface area contributed by atoms with Crippen molar-refractivity contribution in [3.8, 4) is 11.4 Å². The van der Waals surface area contributed by atoms with E-state index >= 15 is 4.39 Å². The second-order valence-electron chi connectivity index (χ2n) is 21.4. The maximum Gasteiger partial charge on any atom is 0.343 e. The summed E-state index contributed by atoms with van der Waals surface area (Å²) in [5.41, 5.74) is 12.0. The molecule has 0 radical (unpaired) electrons. The number of nitrogens with zero attached hydrogens (tertiary/aromatic N) is 4. The fourth-order valence-electron chi connectivity index (χ4n) is 11.0. The average molecular weight is 1060 g/mol. The van der Waals surface area contributed by atoms with Gasteiger partial charge in [0.2, 0.25) is 35.4 Å². The summed E-state index contributed by atoms with van der Waals surface area (Å²) in [6, 6.07) is -1.32. The summed E-state index contributed by atoms with van der Waals surface area (Å²) in [6.07, 6.45) is 2.77. The number of aryl methyl sites for hydroxylation is 1. The van der Waals surface area contributed by atoms with Crippen LogP contribution < -0.4 is 48.9 Å². The van der Waals surface area contributed by atoms with Gasteiger partial charge in [0.25, 0.3) is 5.56 Å². The van der Waals surface area contributed by atoms with E-state index in [1.54, 1.807) is 33.8 Å². The molecule has 5 heterocycles. The van der Waals surface area contributed by atoms with E-state index in [9.17, 15) is 43.5 Å². The number of aromatic nitrogens is 2. The fraction of sp³-hybridized carbons (Fsp3) is 0.585. The van der Waals surface area contributed by atoms with Gasteiger partial charge in [0.05, 0.1) is 54.2 Å². The molecule has 76 heavy (non-hydrogen) atoms. The van der Waals surface area contributed by atoms with E-state index in [4.69, 9.17) is 21.2 Å². The van der Waals surface area contributed by atoms with Crippen LogP contribution in [-0.4, -0.2) is 123 Å². The van der Waals surface area contributed by atoms with Crippen LogP contribution in [-0.2, 0) is 63.5 Å². The van der Waals surface area contributed by atoms with Crippen LogP contribution in [0.5, 0.6) is 0 Å². The minimum Gasteiger partial charge on any atom is -0.458 e. The Kier molecular flexibility index (Phi) is 17.5. The number of aliphatic hydroxyl groups is 1. The normalized spacial score (nSPS) is 19.7. The van der Waals surface area contributed by atoms with Crippen molar-refractivity contribution < 1.29 is 47.8 Å². The molecule has 1 aromatic carbocycles. The molecule has 1 aliphatic carbocycles. The topological polar surface area (TPSA) is 324 Å². The quantitative estimate of drug-likeness (QED) is 0.0243. The number of pyridine rings is 2. The number of carbonyl (C=O) groups excluding carboxylic acids is 7. The van der Waals surface area contributed by atoms with Crippen molar-refractivity contribution >= 4 is 58.3 Å². The number of cyclic esters (lactones) is 1. The number of carbonyl (C=O) groups is 7. The Labute approximate surface area is 440 Å². The zero-order valence-electron chi connectivity index (χ0n) is 44.6. The van der Waals surface area contributed by atoms with Gasteiger partial charge in [-0.1, -0.05) is 34.6 Å². The molecule has 23 heteroatoms. The molecule has 22 nitrogen and oxygen atoms in total. The molecule has 0 spiro atoms. The zero-order valence-corrected chi connectivity index (χ0v) is 44.6. The number of amides is 6. The Bertz CT molecular complexity index is 2900. The van der Waals surface area contributed by atoms with Crippen molar-refractivity contribution in [1.82, 2.24) is 46.4 Å². The SMILES string of the molecule is CC[C@@]1(O)C(=O)OCc2c1cc1n(c2=O)Cc2c-1nc1cc(F)c(C)c3c1c2[C@@H](NC(=O)CNC(=O)[C@H](CCCN=C(N)N)NC(=O)[C@@H](NC(=O)CNC(=O)[C@H](CC(C)C)NC(=O)[C@@H]1CCCN1C(C)C)C(C)C)CC3. The van der Waals surface area contributed by atoms with Crippen LogP contribution >= 0.6 is 0 Å². The van der Waals surface area contributed by atoms with Crippen molar-refractivity contribution in [3.63, 3.8) is 0 Å². The maximum absolute atomic E-state index is 15.5. The third-order valence-electron chi connectivity index (χ3n) is 15.0. The van der Waals surface area contributed by atoms with Gasteiger partial charge in [-0.2, -0.15) is 0 Å². The van der Waals surface area contributed by atoms with Crippen LogP contribution in [0.4, 0.5) is 4.39 Å². The van der Waals surface area contributed by atoms with Crippen LogP contribution in [0.3, 0.4) is 0 Å². The molecule has 0 saturated carbocycles. The van der Waals surface area contributed by atoms with E-state index in [-0.39, 0.29) is 85.5 Å². The number of aliphatic imine (C=N–C) groups is 1. The smallest absolute Gasteiger partial charge is 0.343 e. The Morgan fingerprint density at radius 2 is 1.62 bits per heavy atom. The predicted molar refractivity (Wildman–Crippen MR) is 279 cm³/mol. The molecule has 11 N–H and O–H groups in total. The van der Waals surface area contributed by atoms with Gasteiger partial charge in [0.15, 0.2) is 11.6 Å². The van der Waals surface area contributed by atoms with Gasteiger partial charge >= 0.3 is 5.97 Å². The van der Waals surface area contributed by atoms with Crippen LogP contribution in [0.15, 0.2) is 21.9 Å². The molecular formula is C53H73FN12O10. The van der Waals surface area contributed by atoms with Crippen LogP contribution in [0.25, 0.3) is 22.3 Å². The molecule has 3 aromatic rings. The number of hydrogen-bond donors (Lipinski definition) is 9. The van der Waals surface area contributed by atoms with Gasteiger partial charge < -0.3 is 57.8 Å². The second kappa shape index (κ2) is 23.5. The molecule has 3 aliphatic heterocycles. The lowest BCUT2D eigenvalue weighted by atomic mass is 9.81. The number of benzene rings is 1. The molecule has 7 rings (SSSR count). The summed E-state index contributed by atoms with van der Waals surface area (Å²) < 4.78 is 22.2. The van der Waals surface area contributed by atoms with Crippen molar-refractivity contribution in [1.29, 1.82) is 0 Å². The molecule has 4 aliphatic rings. The number of hydrogen-bond acceptors (Lipinski definition) is 13. The van der Waals surface area contributed by atoms with E-state index < -0.39 is 95.7 Å². The average Bonchev–Trinajstić information content (AvgIpc) is 4.02. The number of fused-ring (bicyclic) bond motifs is 5. The lowest BCUT2D eigenvalue weighted by Gasteiger charge is -2.31. The third-order valence-corrected chi connectivity index (χ3v) is 15.0. The summed E-state index contributed by atoms with van der Waals surface area (Å²) in [6.45, 7) is 14.1. The van der Waals surface area contributed by atoms with E-state index in [1.807, 2.05) is 27.7 Å². The van der Waals surface area contributed by atoms with Crippen molar-refractivity contribution in [2.45, 2.75) is 162 Å². The molecule has 0 unspecified atom stereocenters. The molecule has 6 atom stereocenters. The number of ether oxygens (including phenoxy) is 1. The summed E-state index contributed by atoms with van der Waals surface area (Å²) in [5, 5.41) is 28.6. The van der Waals surface area contributed by atoms with Crippen molar-refractivity contribution in [2.24, 2.45) is 28.3 Å². The minimum atomic E-state index is -2.07. The van der Waals surface area contributed by atoms with E-state index in [0.29, 0.717) is 64.7 Å². The highest BCUT2D eigenvalue weighted by Gasteiger charge is 2.46. The fourth-order valence-corrected chi connectivity index (χ4v) is 11.0. The monoisotopic (exact) mass is 1060 g/mol. The van der Waals surface area contributed by atoms with Gasteiger partial charge in [0, 0.05) is 35.2 Å². The summed E-state index contributed by atoms with van der Waals surface area (Å²) in [4.78, 5) is 120. The number of rotatable bonds is 21. The molecule has 2 aromatic heterocycles. The summed E-state index contributed by atoms with van der Waals surface area (Å²) >= 11 is 0. The Hall–Kier alpha value is -7.01. The van der Waals surface area contributed by atoms with Crippen LogP contribution in [0.2, 0.25) is 0 Å². The van der Waals surface area contributed by atoms with Gasteiger partial charge in [-0.15, -0.1) is 0 Å². The Morgan fingerprint density at radius 1 is 0.921 bits per heavy atom. The summed E-state index contributed by atoms with van der Waals surface area (Å²) in [5.74, 6) is -5.48. The first-order chi connectivity index (χ1) is 35.9. The number of nitrogens with two attached hydrogens (primary N) is 2. The number of nitrogens with one attached hydrogen (secondary N) is 6. The number of guanidine groups is 1. The number of likely N-dealkylation sites (tertiary alicyclic amines) is 1. The van der Waals surface area contributed by atoms with Gasteiger partial charge in [0.1, 0.15) is 30.5 Å². The third kappa shape index (κ3) is 11.8. The van der Waals surface area contributed by atoms with Gasteiger partial charge in [-0.25, -0.2) is 14.2 Å². The standard InChI is InChI=1S/C53H73FN12O10/c1-9-53(75)32-19-39-45-30(23-66(39)50(73)31(32)24-76-51(53)74)43-34(15-14-29-28(8)33(54)20-36(61-45)42(29)43)60-40(67)21-58-46(69)35(12-10-16-57-52(55)56)62-49(72)44(26(4)5)64-41(68)22-59-47(70)37(18-25(2)3)63-48(71)38-13-11-17-65(38)27(6)7/h19-20,25-27,34-35,37-38,44,75H,9-18,21-24H2,1-8H3,(H,58,69)(H,59,70)(H,60,67)(H,62,72)(H,63,71)(H,64,68)(H4,55,56,57)/t34-,35-,37-,38-,44-,53-/m0/s1. The predicted octanol–water partition coefficient (Wildman–Crippen LogP) is 0.946. The van der Waals surface area contributed by atoms with E-state index in [2.05, 4.69) is 41.8 Å². The molecule has 1 saturated heterocycles. The van der Waals surface area contributed by atoms with Gasteiger partial charge in [-0.3, -0.25) is 43.5 Å². The molecule has 0 bridgehead atoms. The minimum absolute atomic E-state index is 0.0245. The zero-order chi connectivity index (χ0) is 55.5. The van der Waals surface area contributed by atoms with E-state index in [0.717, 1.165) is 13.0 Å².